The van der Waals surface area contributed by atoms with Crippen LogP contribution in [0.4, 0.5) is 0 Å². The molecule has 2 rings (SSSR count). The summed E-state index contributed by atoms with van der Waals surface area (Å²) in [5.41, 5.74) is 6.81. The maximum atomic E-state index is 10.7. The highest BCUT2D eigenvalue weighted by atomic mass is 16.4. The van der Waals surface area contributed by atoms with Gasteiger partial charge >= 0.3 is 5.97 Å². The molecule has 14 heavy (non-hydrogen) atoms. The molecule has 0 aliphatic heterocycles. The van der Waals surface area contributed by atoms with Crippen molar-refractivity contribution in [3.8, 4) is 0 Å². The van der Waals surface area contributed by atoms with Crippen molar-refractivity contribution in [3.05, 3.63) is 36.2 Å². The fourth-order valence-corrected chi connectivity index (χ4v) is 1.37. The van der Waals surface area contributed by atoms with Gasteiger partial charge in [-0.1, -0.05) is 6.07 Å². The third kappa shape index (κ3) is 1.23. The Morgan fingerprint density at radius 1 is 1.57 bits per heavy atom. The molecule has 5 heteroatoms. The number of pyridine rings is 1. The molecule has 1 atom stereocenters. The van der Waals surface area contributed by atoms with Gasteiger partial charge in [0.15, 0.2) is 0 Å². The summed E-state index contributed by atoms with van der Waals surface area (Å²) in [6, 6.07) is 4.14. The van der Waals surface area contributed by atoms with E-state index in [4.69, 9.17) is 10.8 Å². The van der Waals surface area contributed by atoms with Crippen LogP contribution in [-0.2, 0) is 4.79 Å². The summed E-state index contributed by atoms with van der Waals surface area (Å²) in [7, 11) is 0. The highest BCUT2D eigenvalue weighted by molar-refractivity contribution is 5.78. The Morgan fingerprint density at radius 3 is 3.07 bits per heavy atom. The summed E-state index contributed by atoms with van der Waals surface area (Å²) in [6.07, 6.45) is 3.35. The van der Waals surface area contributed by atoms with Crippen LogP contribution in [0.3, 0.4) is 0 Å². The molecule has 0 spiro atoms. The van der Waals surface area contributed by atoms with Crippen molar-refractivity contribution >= 4 is 11.5 Å². The van der Waals surface area contributed by atoms with Crippen LogP contribution in [0.5, 0.6) is 0 Å². The Hall–Kier alpha value is -1.88. The van der Waals surface area contributed by atoms with Crippen molar-refractivity contribution in [1.82, 2.24) is 9.61 Å². The van der Waals surface area contributed by atoms with Crippen LogP contribution in [-0.4, -0.2) is 20.7 Å². The zero-order valence-corrected chi connectivity index (χ0v) is 7.29. The van der Waals surface area contributed by atoms with Crippen molar-refractivity contribution in [2.45, 2.75) is 6.04 Å². The zero-order valence-electron chi connectivity index (χ0n) is 7.29. The molecule has 0 amide bonds. The standard InChI is InChI=1S/C9H9N3O2/c10-8(9(13)14)6-2-1-5-12-7(6)3-4-11-12/h1-5,8H,10H2,(H,13,14). The van der Waals surface area contributed by atoms with Gasteiger partial charge in [0.1, 0.15) is 6.04 Å². The van der Waals surface area contributed by atoms with Crippen molar-refractivity contribution in [2.24, 2.45) is 5.73 Å². The van der Waals surface area contributed by atoms with E-state index in [9.17, 15) is 4.79 Å². The maximum absolute atomic E-state index is 10.7. The Balaban J connectivity index is 2.61. The number of carbonyl (C=O) groups is 1. The predicted molar refractivity (Wildman–Crippen MR) is 49.8 cm³/mol. The lowest BCUT2D eigenvalue weighted by molar-refractivity contribution is -0.138. The molecule has 0 fully saturated rings. The van der Waals surface area contributed by atoms with Crippen LogP contribution in [0.15, 0.2) is 30.6 Å². The molecule has 2 heterocycles. The van der Waals surface area contributed by atoms with Gasteiger partial charge < -0.3 is 10.8 Å². The monoisotopic (exact) mass is 191 g/mol. The van der Waals surface area contributed by atoms with Crippen molar-refractivity contribution in [3.63, 3.8) is 0 Å². The molecule has 0 radical (unpaired) electrons. The summed E-state index contributed by atoms with van der Waals surface area (Å²) in [5, 5.41) is 12.8. The number of carboxylic acid groups (broad SMARTS) is 1. The number of carboxylic acids is 1. The fraction of sp³-hybridized carbons (Fsp3) is 0.111. The Bertz CT molecular complexity index is 478. The molecular formula is C9H9N3O2. The number of nitrogens with zero attached hydrogens (tertiary/aromatic N) is 2. The van der Waals surface area contributed by atoms with E-state index in [0.29, 0.717) is 5.56 Å². The Morgan fingerprint density at radius 2 is 2.36 bits per heavy atom. The molecule has 2 aromatic heterocycles. The molecule has 0 aliphatic rings. The van der Waals surface area contributed by atoms with E-state index in [-0.39, 0.29) is 0 Å². The molecule has 1 unspecified atom stereocenters. The Labute approximate surface area is 79.8 Å². The van der Waals surface area contributed by atoms with E-state index in [1.54, 1.807) is 35.1 Å². The Kier molecular flexibility index (Phi) is 1.94. The number of nitrogens with two attached hydrogens (primary N) is 1. The molecule has 0 aromatic carbocycles. The summed E-state index contributed by atoms with van der Waals surface area (Å²) in [6.45, 7) is 0. The number of fused-ring (bicyclic) bond motifs is 1. The van der Waals surface area contributed by atoms with Crippen LogP contribution < -0.4 is 5.73 Å². The molecule has 5 nitrogen and oxygen atoms in total. The van der Waals surface area contributed by atoms with Gasteiger partial charge in [-0.05, 0) is 12.1 Å². The topological polar surface area (TPSA) is 80.6 Å². The van der Waals surface area contributed by atoms with Gasteiger partial charge in [0, 0.05) is 18.0 Å². The summed E-state index contributed by atoms with van der Waals surface area (Å²) < 4.78 is 1.60. The van der Waals surface area contributed by atoms with Crippen LogP contribution in [0, 0.1) is 0 Å². The normalized spacial score (nSPS) is 12.9. The number of aromatic nitrogens is 2. The van der Waals surface area contributed by atoms with E-state index >= 15 is 0 Å². The van der Waals surface area contributed by atoms with Gasteiger partial charge in [0.05, 0.1) is 5.52 Å². The largest absolute Gasteiger partial charge is 0.480 e. The molecule has 0 bridgehead atoms. The second-order valence-corrected chi connectivity index (χ2v) is 2.94. The summed E-state index contributed by atoms with van der Waals surface area (Å²) in [4.78, 5) is 10.7. The quantitative estimate of drug-likeness (QED) is 0.720. The number of aliphatic carboxylic acids is 1. The van der Waals surface area contributed by atoms with Gasteiger partial charge in [-0.25, -0.2) is 4.52 Å². The number of hydrogen-bond acceptors (Lipinski definition) is 3. The first kappa shape index (κ1) is 8.71. The third-order valence-electron chi connectivity index (χ3n) is 2.07. The fourth-order valence-electron chi connectivity index (χ4n) is 1.37. The second kappa shape index (κ2) is 3.12. The number of rotatable bonds is 2. The van der Waals surface area contributed by atoms with Gasteiger partial charge in [0.2, 0.25) is 0 Å². The van der Waals surface area contributed by atoms with E-state index in [1.807, 2.05) is 0 Å². The van der Waals surface area contributed by atoms with Crippen molar-refractivity contribution < 1.29 is 9.90 Å². The molecule has 2 aromatic rings. The minimum Gasteiger partial charge on any atom is -0.480 e. The van der Waals surface area contributed by atoms with Gasteiger partial charge in [0.25, 0.3) is 0 Å². The second-order valence-electron chi connectivity index (χ2n) is 2.94. The van der Waals surface area contributed by atoms with E-state index in [0.717, 1.165) is 5.52 Å². The van der Waals surface area contributed by atoms with Crippen molar-refractivity contribution in [2.75, 3.05) is 0 Å². The van der Waals surface area contributed by atoms with Crippen LogP contribution in [0.2, 0.25) is 0 Å². The number of hydrogen-bond donors (Lipinski definition) is 2. The van der Waals surface area contributed by atoms with Crippen LogP contribution in [0.1, 0.15) is 11.6 Å². The van der Waals surface area contributed by atoms with Gasteiger partial charge in [-0.2, -0.15) is 5.10 Å². The van der Waals surface area contributed by atoms with E-state index < -0.39 is 12.0 Å². The van der Waals surface area contributed by atoms with E-state index in [1.165, 1.54) is 0 Å². The lowest BCUT2D eigenvalue weighted by Gasteiger charge is -2.07. The molecule has 72 valence electrons. The van der Waals surface area contributed by atoms with Crippen LogP contribution in [0.25, 0.3) is 5.52 Å². The summed E-state index contributed by atoms with van der Waals surface area (Å²) >= 11 is 0. The molecule has 3 N–H and O–H groups in total. The highest BCUT2D eigenvalue weighted by Gasteiger charge is 2.16. The molecule has 0 saturated carbocycles. The maximum Gasteiger partial charge on any atom is 0.325 e. The first-order chi connectivity index (χ1) is 6.70. The minimum atomic E-state index is -1.04. The molecule has 0 saturated heterocycles. The highest BCUT2D eigenvalue weighted by Crippen LogP contribution is 2.16. The first-order valence-corrected chi connectivity index (χ1v) is 4.11. The lowest BCUT2D eigenvalue weighted by Crippen LogP contribution is -2.21. The first-order valence-electron chi connectivity index (χ1n) is 4.11. The SMILES string of the molecule is NC(C(=O)O)c1cccn2nccc12. The van der Waals surface area contributed by atoms with Gasteiger partial charge in [-0.15, -0.1) is 0 Å². The summed E-state index contributed by atoms with van der Waals surface area (Å²) in [5.74, 6) is -1.04. The van der Waals surface area contributed by atoms with Crippen LogP contribution >= 0.6 is 0 Å². The minimum absolute atomic E-state index is 0.567. The molecular weight excluding hydrogens is 182 g/mol. The van der Waals surface area contributed by atoms with E-state index in [2.05, 4.69) is 5.10 Å². The third-order valence-corrected chi connectivity index (χ3v) is 2.07. The molecule has 0 aliphatic carbocycles. The average molecular weight is 191 g/mol. The van der Waals surface area contributed by atoms with Gasteiger partial charge in [-0.3, -0.25) is 4.79 Å². The van der Waals surface area contributed by atoms with Crippen molar-refractivity contribution in [1.29, 1.82) is 0 Å². The zero-order chi connectivity index (χ0) is 10.1. The smallest absolute Gasteiger partial charge is 0.325 e. The predicted octanol–water partition coefficient (Wildman–Crippen LogP) is 0.419. The average Bonchev–Trinajstić information content (AvgIpc) is 2.63. The lowest BCUT2D eigenvalue weighted by atomic mass is 10.1.